The molecule has 2 aromatic heterocycles. The monoisotopic (exact) mass is 353 g/mol. The summed E-state index contributed by atoms with van der Waals surface area (Å²) in [4.78, 5) is 21.4. The minimum atomic E-state index is -0.450. The molecule has 6 nitrogen and oxygen atoms in total. The molecule has 2 atom stereocenters. The van der Waals surface area contributed by atoms with Gasteiger partial charge in [0, 0.05) is 18.0 Å². The Morgan fingerprint density at radius 3 is 3.13 bits per heavy atom. The molecule has 122 valence electrons. The van der Waals surface area contributed by atoms with E-state index in [2.05, 4.69) is 15.3 Å². The number of carbonyl (C=O) groups is 1. The van der Waals surface area contributed by atoms with Crippen LogP contribution >= 0.6 is 22.9 Å². The first-order chi connectivity index (χ1) is 11.2. The van der Waals surface area contributed by atoms with E-state index in [0.717, 1.165) is 10.6 Å². The molecule has 0 saturated carbocycles. The lowest BCUT2D eigenvalue weighted by atomic mass is 10.3. The van der Waals surface area contributed by atoms with Gasteiger partial charge in [-0.3, -0.25) is 9.78 Å². The maximum atomic E-state index is 12.3. The average Bonchev–Trinajstić information content (AvgIpc) is 3.20. The van der Waals surface area contributed by atoms with Crippen molar-refractivity contribution in [1.29, 1.82) is 0 Å². The highest BCUT2D eigenvalue weighted by atomic mass is 35.5. The van der Waals surface area contributed by atoms with E-state index in [1.165, 1.54) is 11.3 Å². The lowest BCUT2D eigenvalue weighted by Gasteiger charge is -2.11. The van der Waals surface area contributed by atoms with Crippen LogP contribution in [0.4, 0.5) is 0 Å². The van der Waals surface area contributed by atoms with Gasteiger partial charge in [0.2, 0.25) is 0 Å². The van der Waals surface area contributed by atoms with Gasteiger partial charge in [0.1, 0.15) is 9.88 Å². The summed E-state index contributed by atoms with van der Waals surface area (Å²) < 4.78 is 10.9. The standard InChI is InChI=1S/C15H16ClN3O3S/c1-9-13(23-15(19-9)10-3-2-4-17-6-10)14(20)18-7-12-21-8-11(5-16)22-12/h2-4,6,11-12H,5,7-8H2,1H3,(H,18,20). The summed E-state index contributed by atoms with van der Waals surface area (Å²) in [5.74, 6) is 0.198. The molecule has 0 spiro atoms. The van der Waals surface area contributed by atoms with Crippen LogP contribution in [0.1, 0.15) is 15.4 Å². The molecule has 1 fully saturated rings. The predicted octanol–water partition coefficient (Wildman–Crippen LogP) is 2.22. The van der Waals surface area contributed by atoms with Gasteiger partial charge >= 0.3 is 0 Å². The lowest BCUT2D eigenvalue weighted by Crippen LogP contribution is -2.33. The fraction of sp³-hybridized carbons (Fsp3) is 0.400. The second-order valence-corrected chi connectivity index (χ2v) is 6.37. The van der Waals surface area contributed by atoms with Crippen LogP contribution < -0.4 is 5.32 Å². The second kappa shape index (κ2) is 7.35. The molecule has 3 rings (SSSR count). The summed E-state index contributed by atoms with van der Waals surface area (Å²) in [5, 5.41) is 3.59. The van der Waals surface area contributed by atoms with E-state index in [0.29, 0.717) is 23.1 Å². The van der Waals surface area contributed by atoms with Gasteiger partial charge in [0.15, 0.2) is 6.29 Å². The Morgan fingerprint density at radius 2 is 2.43 bits per heavy atom. The van der Waals surface area contributed by atoms with Gasteiger partial charge in [0.25, 0.3) is 5.91 Å². The van der Waals surface area contributed by atoms with Crippen LogP contribution in [0.25, 0.3) is 10.6 Å². The van der Waals surface area contributed by atoms with Gasteiger partial charge in [-0.2, -0.15) is 0 Å². The minimum Gasteiger partial charge on any atom is -0.348 e. The van der Waals surface area contributed by atoms with Gasteiger partial charge in [-0.25, -0.2) is 4.98 Å². The number of rotatable bonds is 5. The van der Waals surface area contributed by atoms with E-state index in [9.17, 15) is 4.79 Å². The first kappa shape index (κ1) is 16.3. The van der Waals surface area contributed by atoms with E-state index in [4.69, 9.17) is 21.1 Å². The number of pyridine rings is 1. The SMILES string of the molecule is Cc1nc(-c2cccnc2)sc1C(=O)NCC1OCC(CCl)O1. The summed E-state index contributed by atoms with van der Waals surface area (Å²) in [6.07, 6.45) is 2.87. The van der Waals surface area contributed by atoms with Crippen LogP contribution in [0.15, 0.2) is 24.5 Å². The molecule has 2 aromatic rings. The maximum Gasteiger partial charge on any atom is 0.263 e. The number of carbonyl (C=O) groups excluding carboxylic acids is 1. The Balaban J connectivity index is 1.63. The summed E-state index contributed by atoms with van der Waals surface area (Å²) in [6.45, 7) is 2.55. The van der Waals surface area contributed by atoms with Crippen molar-refractivity contribution in [3.05, 3.63) is 35.1 Å². The number of halogens is 1. The first-order valence-corrected chi connectivity index (χ1v) is 8.51. The number of aromatic nitrogens is 2. The summed E-state index contributed by atoms with van der Waals surface area (Å²) in [7, 11) is 0. The second-order valence-electron chi connectivity index (χ2n) is 5.06. The molecule has 0 radical (unpaired) electrons. The maximum absolute atomic E-state index is 12.3. The summed E-state index contributed by atoms with van der Waals surface area (Å²) in [5.41, 5.74) is 1.59. The molecule has 1 aliphatic heterocycles. The van der Waals surface area contributed by atoms with Gasteiger partial charge in [0.05, 0.1) is 30.8 Å². The smallest absolute Gasteiger partial charge is 0.263 e. The highest BCUT2D eigenvalue weighted by Gasteiger charge is 2.26. The predicted molar refractivity (Wildman–Crippen MR) is 87.7 cm³/mol. The number of ether oxygens (including phenoxy) is 2. The average molecular weight is 354 g/mol. The van der Waals surface area contributed by atoms with Crippen molar-refractivity contribution < 1.29 is 14.3 Å². The molecule has 0 aliphatic carbocycles. The van der Waals surface area contributed by atoms with Crippen molar-refractivity contribution in [3.63, 3.8) is 0 Å². The molecule has 1 N–H and O–H groups in total. The van der Waals surface area contributed by atoms with E-state index < -0.39 is 6.29 Å². The Morgan fingerprint density at radius 1 is 1.57 bits per heavy atom. The van der Waals surface area contributed by atoms with Crippen molar-refractivity contribution in [2.75, 3.05) is 19.0 Å². The largest absolute Gasteiger partial charge is 0.348 e. The number of nitrogens with one attached hydrogen (secondary N) is 1. The van der Waals surface area contributed by atoms with E-state index >= 15 is 0 Å². The van der Waals surface area contributed by atoms with Crippen LogP contribution in [0.3, 0.4) is 0 Å². The normalized spacial score (nSPS) is 20.6. The molecule has 2 unspecified atom stereocenters. The van der Waals surface area contributed by atoms with Gasteiger partial charge in [-0.15, -0.1) is 22.9 Å². The van der Waals surface area contributed by atoms with E-state index in [-0.39, 0.29) is 18.6 Å². The Kier molecular flexibility index (Phi) is 5.22. The summed E-state index contributed by atoms with van der Waals surface area (Å²) in [6, 6.07) is 3.76. The molecular weight excluding hydrogens is 338 g/mol. The highest BCUT2D eigenvalue weighted by Crippen LogP contribution is 2.27. The van der Waals surface area contributed by atoms with Crippen LogP contribution in [-0.2, 0) is 9.47 Å². The molecule has 0 aromatic carbocycles. The highest BCUT2D eigenvalue weighted by molar-refractivity contribution is 7.17. The van der Waals surface area contributed by atoms with Gasteiger partial charge in [-0.1, -0.05) is 0 Å². The summed E-state index contributed by atoms with van der Waals surface area (Å²) >= 11 is 7.05. The van der Waals surface area contributed by atoms with Crippen LogP contribution in [0, 0.1) is 6.92 Å². The Bertz CT molecular complexity index is 680. The van der Waals surface area contributed by atoms with Crippen molar-refractivity contribution >= 4 is 28.8 Å². The quantitative estimate of drug-likeness (QED) is 0.834. The zero-order valence-electron chi connectivity index (χ0n) is 12.5. The van der Waals surface area contributed by atoms with Crippen molar-refractivity contribution in [2.24, 2.45) is 0 Å². The zero-order chi connectivity index (χ0) is 16.2. The molecule has 1 aliphatic rings. The van der Waals surface area contributed by atoms with Crippen LogP contribution in [-0.4, -0.2) is 47.3 Å². The number of hydrogen-bond acceptors (Lipinski definition) is 6. The fourth-order valence-corrected chi connectivity index (χ4v) is 3.31. The molecule has 0 bridgehead atoms. The number of aryl methyl sites for hydroxylation is 1. The van der Waals surface area contributed by atoms with E-state index in [1.807, 2.05) is 19.1 Å². The molecule has 8 heteroatoms. The van der Waals surface area contributed by atoms with Crippen molar-refractivity contribution in [3.8, 4) is 10.6 Å². The van der Waals surface area contributed by atoms with Crippen LogP contribution in [0.2, 0.25) is 0 Å². The Labute approximate surface area is 142 Å². The number of alkyl halides is 1. The third-order valence-corrected chi connectivity index (χ3v) is 4.87. The third-order valence-electron chi connectivity index (χ3n) is 3.32. The molecular formula is C15H16ClN3O3S. The van der Waals surface area contributed by atoms with Crippen LogP contribution in [0.5, 0.6) is 0 Å². The third kappa shape index (κ3) is 3.87. The van der Waals surface area contributed by atoms with Crippen molar-refractivity contribution in [1.82, 2.24) is 15.3 Å². The van der Waals surface area contributed by atoms with Crippen molar-refractivity contribution in [2.45, 2.75) is 19.3 Å². The Hall–Kier alpha value is -1.54. The fourth-order valence-electron chi connectivity index (χ4n) is 2.17. The minimum absolute atomic E-state index is 0.110. The van der Waals surface area contributed by atoms with E-state index in [1.54, 1.807) is 12.4 Å². The topological polar surface area (TPSA) is 73.3 Å². The lowest BCUT2D eigenvalue weighted by molar-refractivity contribution is -0.0501. The number of hydrogen-bond donors (Lipinski definition) is 1. The molecule has 3 heterocycles. The molecule has 1 amide bonds. The zero-order valence-corrected chi connectivity index (χ0v) is 14.1. The van der Waals surface area contributed by atoms with Gasteiger partial charge in [-0.05, 0) is 19.1 Å². The van der Waals surface area contributed by atoms with Gasteiger partial charge < -0.3 is 14.8 Å². The molecule has 1 saturated heterocycles. The first-order valence-electron chi connectivity index (χ1n) is 7.16. The number of thiazole rings is 1. The molecule has 23 heavy (non-hydrogen) atoms. The number of nitrogens with zero attached hydrogens (tertiary/aromatic N) is 2. The number of amides is 1.